The van der Waals surface area contributed by atoms with Crippen molar-refractivity contribution < 1.29 is 9.50 Å². The van der Waals surface area contributed by atoms with Gasteiger partial charge < -0.3 is 5.11 Å². The van der Waals surface area contributed by atoms with Gasteiger partial charge in [-0.3, -0.25) is 0 Å². The molecule has 0 aromatic heterocycles. The topological polar surface area (TPSA) is 44.0 Å². The summed E-state index contributed by atoms with van der Waals surface area (Å²) in [5, 5.41) is 17.6. The summed E-state index contributed by atoms with van der Waals surface area (Å²) in [6, 6.07) is 2.88. The monoisotopic (exact) mass is 293 g/mol. The number of aromatic hydroxyl groups is 1. The highest BCUT2D eigenvalue weighted by Crippen LogP contribution is 2.35. The van der Waals surface area contributed by atoms with E-state index in [1.54, 1.807) is 6.07 Å². The third kappa shape index (κ3) is 1.45. The second-order valence-corrected chi connectivity index (χ2v) is 3.64. The predicted octanol–water partition coefficient (Wildman–Crippen LogP) is 2.93. The van der Waals surface area contributed by atoms with E-state index in [0.717, 1.165) is 0 Å². The molecule has 0 saturated carbocycles. The van der Waals surface area contributed by atoms with Crippen molar-refractivity contribution in [2.45, 2.75) is 0 Å². The number of halogens is 3. The maximum Gasteiger partial charge on any atom is 0.158 e. The van der Waals surface area contributed by atoms with Crippen LogP contribution in [0.5, 0.6) is 5.75 Å². The molecule has 0 aliphatic rings. The van der Waals surface area contributed by atoms with Crippen molar-refractivity contribution in [1.82, 2.24) is 0 Å². The molecule has 1 rings (SSSR count). The third-order valence-corrected chi connectivity index (χ3v) is 2.58. The fraction of sp³-hybridized carbons (Fsp3) is 0. The molecule has 12 heavy (non-hydrogen) atoms. The summed E-state index contributed by atoms with van der Waals surface area (Å²) in [6.07, 6.45) is 0. The minimum absolute atomic E-state index is 0.103. The van der Waals surface area contributed by atoms with Gasteiger partial charge in [-0.05, 0) is 37.9 Å². The van der Waals surface area contributed by atoms with E-state index >= 15 is 0 Å². The Labute approximate surface area is 84.9 Å². The van der Waals surface area contributed by atoms with Gasteiger partial charge in [0, 0.05) is 0 Å². The number of phenolic OH excluding ortho intramolecular Hbond substituents is 1. The van der Waals surface area contributed by atoms with Crippen molar-refractivity contribution in [3.63, 3.8) is 0 Å². The van der Waals surface area contributed by atoms with Crippen LogP contribution in [-0.4, -0.2) is 5.11 Å². The van der Waals surface area contributed by atoms with Crippen LogP contribution in [0.3, 0.4) is 0 Å². The Bertz CT molecular complexity index is 373. The molecule has 0 radical (unpaired) electrons. The lowest BCUT2D eigenvalue weighted by atomic mass is 10.2. The molecule has 0 spiro atoms. The fourth-order valence-corrected chi connectivity index (χ4v) is 1.79. The van der Waals surface area contributed by atoms with Crippen LogP contribution < -0.4 is 0 Å². The summed E-state index contributed by atoms with van der Waals surface area (Å²) in [5.41, 5.74) is -0.119. The van der Waals surface area contributed by atoms with Crippen LogP contribution in [0.1, 0.15) is 5.56 Å². The van der Waals surface area contributed by atoms with Gasteiger partial charge in [0.2, 0.25) is 0 Å². The highest BCUT2D eigenvalue weighted by atomic mass is 79.9. The molecular weight excluding hydrogens is 293 g/mol. The molecule has 0 aliphatic carbocycles. The number of rotatable bonds is 0. The van der Waals surface area contributed by atoms with E-state index in [9.17, 15) is 4.39 Å². The minimum atomic E-state index is -0.752. The molecule has 0 amide bonds. The van der Waals surface area contributed by atoms with E-state index in [-0.39, 0.29) is 20.3 Å². The Morgan fingerprint density at radius 2 is 2.08 bits per heavy atom. The first-order chi connectivity index (χ1) is 5.57. The van der Waals surface area contributed by atoms with E-state index < -0.39 is 5.82 Å². The molecule has 1 aromatic rings. The van der Waals surface area contributed by atoms with Gasteiger partial charge >= 0.3 is 0 Å². The van der Waals surface area contributed by atoms with Crippen molar-refractivity contribution >= 4 is 31.9 Å². The van der Waals surface area contributed by atoms with Crippen molar-refractivity contribution in [2.24, 2.45) is 0 Å². The molecule has 1 aromatic carbocycles. The molecule has 5 heteroatoms. The zero-order chi connectivity index (χ0) is 9.30. The Kier molecular flexibility index (Phi) is 2.70. The number of nitriles is 1. The molecule has 0 unspecified atom stereocenters. The zero-order valence-electron chi connectivity index (χ0n) is 5.61. The number of benzene rings is 1. The maximum absolute atomic E-state index is 13.0. The van der Waals surface area contributed by atoms with E-state index in [1.165, 1.54) is 6.07 Å². The van der Waals surface area contributed by atoms with Gasteiger partial charge in [-0.15, -0.1) is 0 Å². The van der Waals surface area contributed by atoms with E-state index in [4.69, 9.17) is 10.4 Å². The third-order valence-electron chi connectivity index (χ3n) is 1.25. The van der Waals surface area contributed by atoms with Gasteiger partial charge in [0.05, 0.1) is 14.5 Å². The van der Waals surface area contributed by atoms with Crippen molar-refractivity contribution in [1.29, 1.82) is 5.26 Å². The van der Waals surface area contributed by atoms with Crippen LogP contribution in [0.2, 0.25) is 0 Å². The standard InChI is InChI=1S/C7H2Br2FNO/c8-4-1-3(2-11)6(10)5(9)7(4)12/h1,12H. The Balaban J connectivity index is 3.52. The number of phenols is 1. The Hall–Kier alpha value is -0.600. The molecule has 0 atom stereocenters. The van der Waals surface area contributed by atoms with Gasteiger partial charge in [0.25, 0.3) is 0 Å². The number of hydrogen-bond acceptors (Lipinski definition) is 2. The number of hydrogen-bond donors (Lipinski definition) is 1. The van der Waals surface area contributed by atoms with Crippen molar-refractivity contribution in [3.8, 4) is 11.8 Å². The zero-order valence-corrected chi connectivity index (χ0v) is 8.78. The average molecular weight is 295 g/mol. The SMILES string of the molecule is N#Cc1cc(Br)c(O)c(Br)c1F. The second kappa shape index (κ2) is 3.42. The van der Waals surface area contributed by atoms with Gasteiger partial charge in [0.15, 0.2) is 5.82 Å². The lowest BCUT2D eigenvalue weighted by Gasteiger charge is -2.02. The van der Waals surface area contributed by atoms with Crippen LogP contribution in [-0.2, 0) is 0 Å². The van der Waals surface area contributed by atoms with Gasteiger partial charge in [-0.2, -0.15) is 5.26 Å². The molecular formula is C7H2Br2FNO. The molecule has 0 heterocycles. The Morgan fingerprint density at radius 3 is 2.58 bits per heavy atom. The highest BCUT2D eigenvalue weighted by molar-refractivity contribution is 9.11. The second-order valence-electron chi connectivity index (χ2n) is 1.99. The molecule has 0 bridgehead atoms. The van der Waals surface area contributed by atoms with Crippen LogP contribution in [0.15, 0.2) is 15.0 Å². The predicted molar refractivity (Wildman–Crippen MR) is 48.2 cm³/mol. The number of nitrogens with zero attached hydrogens (tertiary/aromatic N) is 1. The van der Waals surface area contributed by atoms with Crippen molar-refractivity contribution in [3.05, 3.63) is 26.4 Å². The summed E-state index contributed by atoms with van der Waals surface area (Å²) in [6.45, 7) is 0. The first-order valence-corrected chi connectivity index (χ1v) is 4.43. The lowest BCUT2D eigenvalue weighted by Crippen LogP contribution is -1.86. The van der Waals surface area contributed by atoms with Crippen LogP contribution in [0, 0.1) is 17.1 Å². The van der Waals surface area contributed by atoms with Crippen LogP contribution >= 0.6 is 31.9 Å². The summed E-state index contributed by atoms with van der Waals surface area (Å²) in [4.78, 5) is 0. The summed E-state index contributed by atoms with van der Waals surface area (Å²) in [7, 11) is 0. The van der Waals surface area contributed by atoms with Gasteiger partial charge in [-0.1, -0.05) is 0 Å². The van der Waals surface area contributed by atoms with E-state index in [2.05, 4.69) is 31.9 Å². The molecule has 1 N–H and O–H groups in total. The lowest BCUT2D eigenvalue weighted by molar-refractivity contribution is 0.460. The highest BCUT2D eigenvalue weighted by Gasteiger charge is 2.13. The first kappa shape index (κ1) is 9.49. The van der Waals surface area contributed by atoms with Gasteiger partial charge in [-0.25, -0.2) is 4.39 Å². The molecule has 62 valence electrons. The molecule has 0 fully saturated rings. The fourth-order valence-electron chi connectivity index (χ4n) is 0.667. The van der Waals surface area contributed by atoms with E-state index in [0.29, 0.717) is 0 Å². The summed E-state index contributed by atoms with van der Waals surface area (Å²) >= 11 is 5.79. The molecule has 0 aliphatic heterocycles. The summed E-state index contributed by atoms with van der Waals surface area (Å²) < 4.78 is 13.2. The molecule has 0 saturated heterocycles. The largest absolute Gasteiger partial charge is 0.505 e. The van der Waals surface area contributed by atoms with Crippen LogP contribution in [0.25, 0.3) is 0 Å². The first-order valence-electron chi connectivity index (χ1n) is 2.84. The Morgan fingerprint density at radius 1 is 1.50 bits per heavy atom. The average Bonchev–Trinajstić information content (AvgIpc) is 2.08. The normalized spacial score (nSPS) is 9.50. The van der Waals surface area contributed by atoms with E-state index in [1.807, 2.05) is 0 Å². The minimum Gasteiger partial charge on any atom is -0.505 e. The molecule has 2 nitrogen and oxygen atoms in total. The van der Waals surface area contributed by atoms with Crippen molar-refractivity contribution in [2.75, 3.05) is 0 Å². The summed E-state index contributed by atoms with van der Waals surface area (Å²) in [5.74, 6) is -0.996. The maximum atomic E-state index is 13.0. The smallest absolute Gasteiger partial charge is 0.158 e. The van der Waals surface area contributed by atoms with Gasteiger partial charge in [0.1, 0.15) is 11.8 Å². The van der Waals surface area contributed by atoms with Crippen LogP contribution in [0.4, 0.5) is 4.39 Å². The quantitative estimate of drug-likeness (QED) is 0.748.